The molecule has 12 heavy (non-hydrogen) atoms. The molecular formula is C10H11FS. The standard InChI is InChI=1S/C10H11FS/c1-4-9-7(2)5-10(12-9)8(3)6-11/h4-6H,1H2,2-3H3/b8-6-. The second-order valence-electron chi connectivity index (χ2n) is 2.65. The zero-order valence-electron chi connectivity index (χ0n) is 7.23. The van der Waals surface area contributed by atoms with Crippen molar-refractivity contribution in [1.29, 1.82) is 0 Å². The summed E-state index contributed by atoms with van der Waals surface area (Å²) in [6, 6.07) is 1.98. The lowest BCUT2D eigenvalue weighted by Crippen LogP contribution is -1.67. The van der Waals surface area contributed by atoms with Crippen LogP contribution in [0.3, 0.4) is 0 Å². The van der Waals surface area contributed by atoms with E-state index in [4.69, 9.17) is 0 Å². The maximum atomic E-state index is 12.1. The van der Waals surface area contributed by atoms with E-state index in [1.807, 2.05) is 13.0 Å². The first kappa shape index (κ1) is 9.20. The van der Waals surface area contributed by atoms with Gasteiger partial charge in [-0.1, -0.05) is 12.7 Å². The van der Waals surface area contributed by atoms with Crippen LogP contribution in [0.25, 0.3) is 11.6 Å². The first-order valence-electron chi connectivity index (χ1n) is 3.69. The van der Waals surface area contributed by atoms with Crippen LogP contribution in [0.4, 0.5) is 4.39 Å². The van der Waals surface area contributed by atoms with Crippen molar-refractivity contribution in [2.75, 3.05) is 0 Å². The molecule has 0 atom stereocenters. The molecular weight excluding hydrogens is 171 g/mol. The minimum absolute atomic E-state index is 0.637. The monoisotopic (exact) mass is 182 g/mol. The van der Waals surface area contributed by atoms with Gasteiger partial charge in [0.05, 0.1) is 6.33 Å². The maximum Gasteiger partial charge on any atom is 0.0910 e. The first-order chi connectivity index (χ1) is 5.69. The van der Waals surface area contributed by atoms with Gasteiger partial charge < -0.3 is 0 Å². The highest BCUT2D eigenvalue weighted by atomic mass is 32.1. The summed E-state index contributed by atoms with van der Waals surface area (Å²) >= 11 is 1.57. The summed E-state index contributed by atoms with van der Waals surface area (Å²) in [5, 5.41) is 0. The van der Waals surface area contributed by atoms with Gasteiger partial charge in [-0.15, -0.1) is 11.3 Å². The third-order valence-electron chi connectivity index (χ3n) is 1.69. The Balaban J connectivity index is 3.13. The van der Waals surface area contributed by atoms with Crippen LogP contribution in [-0.4, -0.2) is 0 Å². The highest BCUT2D eigenvalue weighted by Gasteiger charge is 2.03. The highest BCUT2D eigenvalue weighted by Crippen LogP contribution is 2.28. The van der Waals surface area contributed by atoms with E-state index in [2.05, 4.69) is 6.58 Å². The molecule has 0 nitrogen and oxygen atoms in total. The minimum atomic E-state index is 0.637. The summed E-state index contributed by atoms with van der Waals surface area (Å²) < 4.78 is 12.1. The number of halogens is 1. The molecule has 64 valence electrons. The van der Waals surface area contributed by atoms with Gasteiger partial charge in [0.1, 0.15) is 0 Å². The van der Waals surface area contributed by atoms with Crippen LogP contribution in [0.15, 0.2) is 19.0 Å². The lowest BCUT2D eigenvalue weighted by atomic mass is 10.2. The SMILES string of the molecule is C=Cc1sc(/C(C)=C\F)cc1C. The molecule has 2 heteroatoms. The average Bonchev–Trinajstić information content (AvgIpc) is 2.45. The molecule has 0 amide bonds. The molecule has 1 aromatic heterocycles. The van der Waals surface area contributed by atoms with E-state index in [1.165, 1.54) is 0 Å². The van der Waals surface area contributed by atoms with Gasteiger partial charge in [0, 0.05) is 9.75 Å². The van der Waals surface area contributed by atoms with Crippen LogP contribution in [-0.2, 0) is 0 Å². The van der Waals surface area contributed by atoms with Gasteiger partial charge >= 0.3 is 0 Å². The van der Waals surface area contributed by atoms with Crippen molar-refractivity contribution in [2.24, 2.45) is 0 Å². The van der Waals surface area contributed by atoms with Crippen molar-refractivity contribution in [3.8, 4) is 0 Å². The lowest BCUT2D eigenvalue weighted by molar-refractivity contribution is 0.723. The Bertz CT molecular complexity index is 321. The van der Waals surface area contributed by atoms with Gasteiger partial charge in [0.2, 0.25) is 0 Å². The number of hydrogen-bond donors (Lipinski definition) is 0. The van der Waals surface area contributed by atoms with Crippen LogP contribution in [0.5, 0.6) is 0 Å². The van der Waals surface area contributed by atoms with Crippen molar-refractivity contribution >= 4 is 23.0 Å². The lowest BCUT2D eigenvalue weighted by Gasteiger charge is -1.89. The molecule has 0 spiro atoms. The second kappa shape index (κ2) is 3.68. The molecule has 0 saturated carbocycles. The summed E-state index contributed by atoms with van der Waals surface area (Å²) in [4.78, 5) is 2.09. The van der Waals surface area contributed by atoms with Crippen molar-refractivity contribution in [1.82, 2.24) is 0 Å². The smallest absolute Gasteiger partial charge is 0.0910 e. The summed E-state index contributed by atoms with van der Waals surface area (Å²) in [6.07, 6.45) is 2.44. The molecule has 0 aliphatic heterocycles. The molecule has 0 fully saturated rings. The van der Waals surface area contributed by atoms with E-state index in [1.54, 1.807) is 24.3 Å². The fraction of sp³-hybridized carbons (Fsp3) is 0.200. The number of rotatable bonds is 2. The Morgan fingerprint density at radius 2 is 2.33 bits per heavy atom. The van der Waals surface area contributed by atoms with E-state index in [-0.39, 0.29) is 0 Å². The molecule has 0 unspecified atom stereocenters. The van der Waals surface area contributed by atoms with Gasteiger partial charge in [-0.3, -0.25) is 0 Å². The van der Waals surface area contributed by atoms with E-state index in [0.29, 0.717) is 11.9 Å². The van der Waals surface area contributed by atoms with Gasteiger partial charge in [0.25, 0.3) is 0 Å². The number of aryl methyl sites for hydroxylation is 1. The van der Waals surface area contributed by atoms with Gasteiger partial charge in [-0.2, -0.15) is 0 Å². The molecule has 0 aliphatic carbocycles. The fourth-order valence-corrected chi connectivity index (χ4v) is 1.93. The molecule has 0 bridgehead atoms. The minimum Gasteiger partial charge on any atom is -0.215 e. The quantitative estimate of drug-likeness (QED) is 0.647. The van der Waals surface area contributed by atoms with E-state index < -0.39 is 0 Å². The zero-order chi connectivity index (χ0) is 9.14. The summed E-state index contributed by atoms with van der Waals surface area (Å²) in [5.41, 5.74) is 1.84. The van der Waals surface area contributed by atoms with Gasteiger partial charge in [-0.05, 0) is 31.1 Å². The van der Waals surface area contributed by atoms with Crippen LogP contribution < -0.4 is 0 Å². The Morgan fingerprint density at radius 1 is 1.67 bits per heavy atom. The van der Waals surface area contributed by atoms with Gasteiger partial charge in [-0.25, -0.2) is 4.39 Å². The molecule has 0 N–H and O–H groups in total. The number of hydrogen-bond acceptors (Lipinski definition) is 1. The molecule has 0 aromatic carbocycles. The first-order valence-corrected chi connectivity index (χ1v) is 4.51. The largest absolute Gasteiger partial charge is 0.215 e. The molecule has 0 radical (unpaired) electrons. The summed E-state index contributed by atoms with van der Waals surface area (Å²) in [7, 11) is 0. The number of thiophene rings is 1. The predicted octanol–water partition coefficient (Wildman–Crippen LogP) is 4.03. The van der Waals surface area contributed by atoms with Crippen molar-refractivity contribution in [3.63, 3.8) is 0 Å². The third-order valence-corrected chi connectivity index (χ3v) is 3.06. The summed E-state index contributed by atoms with van der Waals surface area (Å²) in [6.45, 7) is 7.45. The Labute approximate surface area is 76.0 Å². The molecule has 0 aliphatic rings. The summed E-state index contributed by atoms with van der Waals surface area (Å²) in [5.74, 6) is 0. The van der Waals surface area contributed by atoms with E-state index in [9.17, 15) is 4.39 Å². The Hall–Kier alpha value is -0.890. The zero-order valence-corrected chi connectivity index (χ0v) is 8.04. The second-order valence-corrected chi connectivity index (χ2v) is 3.74. The van der Waals surface area contributed by atoms with Crippen molar-refractivity contribution < 1.29 is 4.39 Å². The molecule has 0 saturated heterocycles. The van der Waals surface area contributed by atoms with E-state index >= 15 is 0 Å². The van der Waals surface area contributed by atoms with Crippen LogP contribution >= 0.6 is 11.3 Å². The van der Waals surface area contributed by atoms with Gasteiger partial charge in [0.15, 0.2) is 0 Å². The Kier molecular flexibility index (Phi) is 2.82. The molecule has 1 heterocycles. The maximum absolute atomic E-state index is 12.1. The normalized spacial score (nSPS) is 11.8. The van der Waals surface area contributed by atoms with Crippen LogP contribution in [0, 0.1) is 6.92 Å². The fourth-order valence-electron chi connectivity index (χ4n) is 0.947. The topological polar surface area (TPSA) is 0 Å². The molecule has 1 rings (SSSR count). The van der Waals surface area contributed by atoms with Crippen molar-refractivity contribution in [3.05, 3.63) is 34.3 Å². The van der Waals surface area contributed by atoms with Crippen molar-refractivity contribution in [2.45, 2.75) is 13.8 Å². The predicted molar refractivity (Wildman–Crippen MR) is 53.9 cm³/mol. The number of allylic oxidation sites excluding steroid dienone is 1. The average molecular weight is 182 g/mol. The van der Waals surface area contributed by atoms with Crippen LogP contribution in [0.2, 0.25) is 0 Å². The highest BCUT2D eigenvalue weighted by molar-refractivity contribution is 7.14. The van der Waals surface area contributed by atoms with E-state index in [0.717, 1.165) is 15.3 Å². The van der Waals surface area contributed by atoms with Crippen LogP contribution in [0.1, 0.15) is 22.2 Å². The molecule has 1 aromatic rings. The Morgan fingerprint density at radius 3 is 2.75 bits per heavy atom. The third kappa shape index (κ3) is 1.64.